The lowest BCUT2D eigenvalue weighted by atomic mass is 10.2. The Balaban J connectivity index is 1.93. The molecule has 0 aliphatic heterocycles. The summed E-state index contributed by atoms with van der Waals surface area (Å²) in [6, 6.07) is 7.10. The molecule has 18 heavy (non-hydrogen) atoms. The Kier molecular flexibility index (Phi) is 4.38. The number of rotatable bonds is 4. The van der Waals surface area contributed by atoms with Gasteiger partial charge in [0.25, 0.3) is 0 Å². The predicted molar refractivity (Wildman–Crippen MR) is 76.9 cm³/mol. The quantitative estimate of drug-likeness (QED) is 0.691. The normalized spacial score (nSPS) is 10.3. The zero-order chi connectivity index (χ0) is 13.0. The number of hydrogen-bond acceptors (Lipinski definition) is 4. The van der Waals surface area contributed by atoms with Gasteiger partial charge in [-0.15, -0.1) is 0 Å². The van der Waals surface area contributed by atoms with Crippen molar-refractivity contribution in [3.8, 4) is 0 Å². The molecule has 0 aliphatic carbocycles. The van der Waals surface area contributed by atoms with E-state index in [2.05, 4.69) is 15.9 Å². The van der Waals surface area contributed by atoms with Crippen molar-refractivity contribution in [2.24, 2.45) is 0 Å². The molecule has 1 aromatic carbocycles. The first-order valence-electron chi connectivity index (χ1n) is 5.40. The molecule has 0 amide bonds. The second-order valence-electron chi connectivity index (χ2n) is 3.76. The van der Waals surface area contributed by atoms with E-state index in [-0.39, 0.29) is 5.97 Å². The third-order valence-corrected chi connectivity index (χ3v) is 3.84. The highest BCUT2D eigenvalue weighted by atomic mass is 79.9. The number of esters is 1. The van der Waals surface area contributed by atoms with Crippen LogP contribution in [0.2, 0.25) is 0 Å². The van der Waals surface area contributed by atoms with Gasteiger partial charge in [0.15, 0.2) is 0 Å². The van der Waals surface area contributed by atoms with Crippen molar-refractivity contribution in [3.63, 3.8) is 0 Å². The predicted octanol–water partition coefficient (Wildman–Crippen LogP) is 3.49. The Hall–Kier alpha value is -1.33. The minimum atomic E-state index is -0.357. The van der Waals surface area contributed by atoms with Gasteiger partial charge in [-0.25, -0.2) is 4.79 Å². The molecule has 0 bridgehead atoms. The molecule has 1 heterocycles. The van der Waals surface area contributed by atoms with Crippen LogP contribution < -0.4 is 5.73 Å². The number of ether oxygens (including phenoxy) is 1. The molecule has 2 N–H and O–H groups in total. The van der Waals surface area contributed by atoms with Gasteiger partial charge in [0.1, 0.15) is 0 Å². The van der Waals surface area contributed by atoms with Gasteiger partial charge in [-0.3, -0.25) is 0 Å². The Bertz CT molecular complexity index is 540. The lowest BCUT2D eigenvalue weighted by Crippen LogP contribution is -2.09. The molecule has 0 saturated carbocycles. The van der Waals surface area contributed by atoms with Gasteiger partial charge in [0, 0.05) is 16.6 Å². The maximum atomic E-state index is 11.8. The van der Waals surface area contributed by atoms with E-state index >= 15 is 0 Å². The van der Waals surface area contributed by atoms with Crippen LogP contribution in [0.5, 0.6) is 0 Å². The SMILES string of the molecule is Nc1ccc(Br)c(C(=O)OCCc2ccsc2)c1. The Morgan fingerprint density at radius 2 is 2.22 bits per heavy atom. The van der Waals surface area contributed by atoms with Gasteiger partial charge < -0.3 is 10.5 Å². The molecular weight excluding hydrogens is 314 g/mol. The first-order valence-corrected chi connectivity index (χ1v) is 7.13. The van der Waals surface area contributed by atoms with Crippen molar-refractivity contribution in [3.05, 3.63) is 50.6 Å². The monoisotopic (exact) mass is 325 g/mol. The van der Waals surface area contributed by atoms with Crippen LogP contribution in [0.4, 0.5) is 5.69 Å². The summed E-state index contributed by atoms with van der Waals surface area (Å²) in [5, 5.41) is 4.05. The van der Waals surface area contributed by atoms with Gasteiger partial charge in [-0.05, 0) is 56.5 Å². The molecule has 3 nitrogen and oxygen atoms in total. The summed E-state index contributed by atoms with van der Waals surface area (Å²) in [4.78, 5) is 11.8. The van der Waals surface area contributed by atoms with E-state index in [1.807, 2.05) is 16.8 Å². The van der Waals surface area contributed by atoms with Gasteiger partial charge >= 0.3 is 5.97 Å². The molecule has 2 rings (SSSR count). The van der Waals surface area contributed by atoms with Crippen molar-refractivity contribution in [1.29, 1.82) is 0 Å². The number of nitrogens with two attached hydrogens (primary N) is 1. The Morgan fingerprint density at radius 1 is 1.39 bits per heavy atom. The van der Waals surface area contributed by atoms with Crippen LogP contribution in [-0.4, -0.2) is 12.6 Å². The first-order chi connectivity index (χ1) is 8.66. The highest BCUT2D eigenvalue weighted by Crippen LogP contribution is 2.20. The van der Waals surface area contributed by atoms with E-state index in [9.17, 15) is 4.79 Å². The average molecular weight is 326 g/mol. The summed E-state index contributed by atoms with van der Waals surface area (Å²) in [5.41, 5.74) is 7.83. The number of halogens is 1. The molecule has 0 fully saturated rings. The van der Waals surface area contributed by atoms with Crippen molar-refractivity contribution in [1.82, 2.24) is 0 Å². The summed E-state index contributed by atoms with van der Waals surface area (Å²) in [6.07, 6.45) is 0.731. The second kappa shape index (κ2) is 6.02. The number of nitrogen functional groups attached to an aromatic ring is 1. The summed E-state index contributed by atoms with van der Waals surface area (Å²) in [6.45, 7) is 0.372. The number of hydrogen-bond donors (Lipinski definition) is 1. The maximum Gasteiger partial charge on any atom is 0.339 e. The number of carbonyl (C=O) groups is 1. The zero-order valence-electron chi connectivity index (χ0n) is 9.56. The molecule has 2 aromatic rings. The Labute approximate surface area is 118 Å². The fraction of sp³-hybridized carbons (Fsp3) is 0.154. The second-order valence-corrected chi connectivity index (χ2v) is 5.39. The third kappa shape index (κ3) is 3.34. The summed E-state index contributed by atoms with van der Waals surface area (Å²) in [5.74, 6) is -0.357. The minimum absolute atomic E-state index is 0.357. The van der Waals surface area contributed by atoms with Crippen LogP contribution >= 0.6 is 27.3 Å². The Morgan fingerprint density at radius 3 is 2.94 bits per heavy atom. The molecule has 1 aromatic heterocycles. The van der Waals surface area contributed by atoms with Crippen LogP contribution in [0.25, 0.3) is 0 Å². The summed E-state index contributed by atoms with van der Waals surface area (Å²) >= 11 is 4.94. The largest absolute Gasteiger partial charge is 0.462 e. The molecular formula is C13H12BrNO2S. The highest BCUT2D eigenvalue weighted by molar-refractivity contribution is 9.10. The average Bonchev–Trinajstić information content (AvgIpc) is 2.85. The molecule has 0 spiro atoms. The molecule has 5 heteroatoms. The third-order valence-electron chi connectivity index (χ3n) is 2.41. The fourth-order valence-corrected chi connectivity index (χ4v) is 2.59. The van der Waals surface area contributed by atoms with Crippen LogP contribution in [0, 0.1) is 0 Å². The number of carbonyl (C=O) groups excluding carboxylic acids is 1. The molecule has 94 valence electrons. The van der Waals surface area contributed by atoms with Gasteiger partial charge in [-0.2, -0.15) is 11.3 Å². The number of thiophene rings is 1. The van der Waals surface area contributed by atoms with Crippen LogP contribution in [0.15, 0.2) is 39.5 Å². The van der Waals surface area contributed by atoms with E-state index in [0.717, 1.165) is 6.42 Å². The minimum Gasteiger partial charge on any atom is -0.462 e. The topological polar surface area (TPSA) is 52.3 Å². The fourth-order valence-electron chi connectivity index (χ4n) is 1.47. The summed E-state index contributed by atoms with van der Waals surface area (Å²) < 4.78 is 5.91. The van der Waals surface area contributed by atoms with Crippen molar-refractivity contribution in [2.45, 2.75) is 6.42 Å². The van der Waals surface area contributed by atoms with Crippen molar-refractivity contribution in [2.75, 3.05) is 12.3 Å². The smallest absolute Gasteiger partial charge is 0.339 e. The van der Waals surface area contributed by atoms with Gasteiger partial charge in [0.05, 0.1) is 12.2 Å². The van der Waals surface area contributed by atoms with Crippen LogP contribution in [0.3, 0.4) is 0 Å². The zero-order valence-corrected chi connectivity index (χ0v) is 12.0. The lowest BCUT2D eigenvalue weighted by molar-refractivity contribution is 0.0508. The molecule has 0 radical (unpaired) electrons. The maximum absolute atomic E-state index is 11.8. The van der Waals surface area contributed by atoms with Crippen molar-refractivity contribution >= 4 is 38.9 Å². The molecule has 0 saturated heterocycles. The number of benzene rings is 1. The standard InChI is InChI=1S/C13H12BrNO2S/c14-12-2-1-10(15)7-11(12)13(16)17-5-3-9-4-6-18-8-9/h1-2,4,6-8H,3,5,15H2. The first kappa shape index (κ1) is 13.1. The van der Waals surface area contributed by atoms with Crippen LogP contribution in [-0.2, 0) is 11.2 Å². The van der Waals surface area contributed by atoms with E-state index < -0.39 is 0 Å². The lowest BCUT2D eigenvalue weighted by Gasteiger charge is -2.06. The van der Waals surface area contributed by atoms with Gasteiger partial charge in [-0.1, -0.05) is 0 Å². The van der Waals surface area contributed by atoms with Gasteiger partial charge in [0.2, 0.25) is 0 Å². The van der Waals surface area contributed by atoms with E-state index in [0.29, 0.717) is 22.3 Å². The molecule has 0 atom stereocenters. The van der Waals surface area contributed by atoms with E-state index in [1.54, 1.807) is 29.5 Å². The highest BCUT2D eigenvalue weighted by Gasteiger charge is 2.11. The van der Waals surface area contributed by atoms with E-state index in [4.69, 9.17) is 10.5 Å². The van der Waals surface area contributed by atoms with E-state index in [1.165, 1.54) is 5.56 Å². The number of anilines is 1. The summed E-state index contributed by atoms with van der Waals surface area (Å²) in [7, 11) is 0. The molecule has 0 unspecified atom stereocenters. The molecule has 0 aliphatic rings. The van der Waals surface area contributed by atoms with Crippen molar-refractivity contribution < 1.29 is 9.53 Å². The van der Waals surface area contributed by atoms with Crippen LogP contribution in [0.1, 0.15) is 15.9 Å².